The first kappa shape index (κ1) is 37.6. The fourth-order valence-corrected chi connectivity index (χ4v) is 22.2. The molecule has 0 atom stereocenters. The van der Waals surface area contributed by atoms with Gasteiger partial charge >= 0.3 is 120 Å². The monoisotopic (exact) mass is 524 g/mol. The van der Waals surface area contributed by atoms with Gasteiger partial charge in [0.25, 0.3) is 0 Å². The molecular formula is C12H38K2O6Si6. The molecule has 0 aliphatic heterocycles. The number of rotatable bonds is 8. The second kappa shape index (κ2) is 16.0. The van der Waals surface area contributed by atoms with E-state index in [9.17, 15) is 9.59 Å². The van der Waals surface area contributed by atoms with Crippen LogP contribution in [0.4, 0.5) is 0 Å². The summed E-state index contributed by atoms with van der Waals surface area (Å²) in [6.07, 6.45) is 0. The normalized spacial score (nSPS) is 12.9. The molecule has 6 nitrogen and oxygen atoms in total. The molecule has 0 aromatic carbocycles. The van der Waals surface area contributed by atoms with Crippen molar-refractivity contribution in [1.29, 1.82) is 0 Å². The van der Waals surface area contributed by atoms with Crippen molar-refractivity contribution in [3.05, 3.63) is 0 Å². The van der Waals surface area contributed by atoms with Crippen LogP contribution in [0.5, 0.6) is 0 Å². The summed E-state index contributed by atoms with van der Waals surface area (Å²) in [5, 5.41) is 0. The van der Waals surface area contributed by atoms with Crippen molar-refractivity contribution in [2.75, 3.05) is 0 Å². The van der Waals surface area contributed by atoms with E-state index in [-0.39, 0.29) is 103 Å². The first-order valence-electron chi connectivity index (χ1n) is 8.41. The number of hydrogen-bond acceptors (Lipinski definition) is 6. The zero-order valence-electron chi connectivity index (χ0n) is 19.6. The summed E-state index contributed by atoms with van der Waals surface area (Å²) >= 11 is 0. The van der Waals surface area contributed by atoms with E-state index in [0.717, 1.165) is 0 Å². The molecule has 0 unspecified atom stereocenters. The average Bonchev–Trinajstić information content (AvgIpc) is 2.02. The van der Waals surface area contributed by atoms with E-state index < -0.39 is 52.3 Å². The van der Waals surface area contributed by atoms with Gasteiger partial charge in [-0.05, 0) is 52.4 Å². The summed E-state index contributed by atoms with van der Waals surface area (Å²) in [7, 11) is -11.6. The maximum absolute atomic E-state index is 11.4. The van der Waals surface area contributed by atoms with Crippen molar-refractivity contribution in [1.82, 2.24) is 0 Å². The summed E-state index contributed by atoms with van der Waals surface area (Å²) < 4.78 is 22.3. The van der Waals surface area contributed by atoms with Crippen molar-refractivity contribution >= 4 is 52.3 Å². The summed E-state index contributed by atoms with van der Waals surface area (Å²) in [4.78, 5) is 22.8. The van der Waals surface area contributed by atoms with Crippen molar-refractivity contribution < 1.29 is 129 Å². The predicted octanol–water partition coefficient (Wildman–Crippen LogP) is -4.46. The van der Waals surface area contributed by atoms with Crippen LogP contribution in [0.25, 0.3) is 0 Å². The molecule has 148 valence electrons. The maximum Gasteiger partial charge on any atom is 1.00 e. The molecule has 0 heterocycles. The minimum atomic E-state index is -2.65. The van der Waals surface area contributed by atoms with Crippen LogP contribution in [0.2, 0.25) is 78.6 Å². The second-order valence-corrected chi connectivity index (χ2v) is 27.0. The Balaban J connectivity index is -0.000000173. The Morgan fingerprint density at radius 2 is 0.731 bits per heavy atom. The van der Waals surface area contributed by atoms with Gasteiger partial charge in [0.15, 0.2) is 18.1 Å². The van der Waals surface area contributed by atoms with Gasteiger partial charge in [-0.3, -0.25) is 0 Å². The van der Waals surface area contributed by atoms with Crippen LogP contribution in [0.3, 0.4) is 0 Å². The Hall–Kier alpha value is 4.33. The van der Waals surface area contributed by atoms with Gasteiger partial charge in [0, 0.05) is 0 Å². The molecule has 0 aliphatic rings. The maximum atomic E-state index is 11.4. The quantitative estimate of drug-likeness (QED) is 0.298. The van der Waals surface area contributed by atoms with E-state index in [2.05, 4.69) is 26.2 Å². The van der Waals surface area contributed by atoms with Gasteiger partial charge in [-0.2, -0.15) is 0 Å². The first-order chi connectivity index (χ1) is 10.2. The van der Waals surface area contributed by atoms with Gasteiger partial charge in [-0.1, -0.05) is 26.2 Å². The van der Waals surface area contributed by atoms with Crippen LogP contribution in [0.15, 0.2) is 0 Å². The molecule has 0 rings (SSSR count). The van der Waals surface area contributed by atoms with E-state index in [1.807, 2.05) is 26.2 Å². The standard InChI is InChI=1S/2C6H19O3Si3.2K/c2*1-10(2)8-12(5,6)9-11(3,4)7;;/h2*10H,1-6H3;;/q2*-1;2*+1. The minimum absolute atomic E-state index is 0. The fourth-order valence-electron chi connectivity index (χ4n) is 2.37. The summed E-state index contributed by atoms with van der Waals surface area (Å²) in [6, 6.07) is 0. The fraction of sp³-hybridized carbons (Fsp3) is 1.00. The van der Waals surface area contributed by atoms with Gasteiger partial charge in [-0.15, -0.1) is 0 Å². The van der Waals surface area contributed by atoms with Crippen LogP contribution in [-0.4, -0.2) is 52.3 Å². The Bertz CT molecular complexity index is 327. The first-order valence-corrected chi connectivity index (χ1v) is 25.2. The Labute approximate surface area is 254 Å². The molecule has 0 bridgehead atoms. The molecule has 0 N–H and O–H groups in total. The van der Waals surface area contributed by atoms with Crippen molar-refractivity contribution in [3.63, 3.8) is 0 Å². The molecule has 0 radical (unpaired) electrons. The smallest absolute Gasteiger partial charge is 0.839 e. The zero-order chi connectivity index (χ0) is 20.0. The van der Waals surface area contributed by atoms with Crippen LogP contribution in [0, 0.1) is 0 Å². The SMILES string of the molecule is C[SiH](C)O[Si](C)(C)O[Si](C)(C)[O-].C[SiH](C)O[Si](C)(C)O[Si](C)(C)[O-].[K+].[K+]. The van der Waals surface area contributed by atoms with Crippen LogP contribution in [0.1, 0.15) is 0 Å². The summed E-state index contributed by atoms with van der Waals surface area (Å²) in [6.45, 7) is 22.8. The molecule has 0 spiro atoms. The van der Waals surface area contributed by atoms with Gasteiger partial charge in [0.05, 0.1) is 17.1 Å². The molecule has 0 aromatic rings. The van der Waals surface area contributed by atoms with E-state index in [4.69, 9.17) is 16.5 Å². The Morgan fingerprint density at radius 1 is 0.538 bits per heavy atom. The third-order valence-electron chi connectivity index (χ3n) is 2.02. The Kier molecular flexibility index (Phi) is 23.2. The van der Waals surface area contributed by atoms with Crippen LogP contribution in [-0.2, 0) is 16.5 Å². The van der Waals surface area contributed by atoms with Gasteiger partial charge in [-0.25, -0.2) is 0 Å². The topological polar surface area (TPSA) is 83.0 Å². The van der Waals surface area contributed by atoms with Gasteiger partial charge in [0.1, 0.15) is 0 Å². The largest absolute Gasteiger partial charge is 1.00 e. The zero-order valence-corrected chi connectivity index (χ0v) is 32.2. The molecule has 0 saturated carbocycles. The van der Waals surface area contributed by atoms with Crippen molar-refractivity contribution in [2.24, 2.45) is 0 Å². The molecule has 0 amide bonds. The van der Waals surface area contributed by atoms with Gasteiger partial charge in [0.2, 0.25) is 0 Å². The molecule has 0 aliphatic carbocycles. The van der Waals surface area contributed by atoms with E-state index >= 15 is 0 Å². The molecule has 0 aromatic heterocycles. The number of hydrogen-bond donors (Lipinski definition) is 0. The molecular weight excluding hydrogens is 487 g/mol. The van der Waals surface area contributed by atoms with Crippen LogP contribution >= 0.6 is 0 Å². The van der Waals surface area contributed by atoms with E-state index in [1.165, 1.54) is 0 Å². The molecule has 26 heavy (non-hydrogen) atoms. The third-order valence-corrected chi connectivity index (χ3v) is 18.2. The second-order valence-electron chi connectivity index (χ2n) is 8.14. The summed E-state index contributed by atoms with van der Waals surface area (Å²) in [5.74, 6) is 0. The summed E-state index contributed by atoms with van der Waals surface area (Å²) in [5.41, 5.74) is 0. The van der Waals surface area contributed by atoms with Crippen molar-refractivity contribution in [3.8, 4) is 0 Å². The Morgan fingerprint density at radius 3 is 0.846 bits per heavy atom. The molecule has 14 heteroatoms. The minimum Gasteiger partial charge on any atom is -0.839 e. The van der Waals surface area contributed by atoms with Crippen LogP contribution < -0.4 is 112 Å². The predicted molar refractivity (Wildman–Crippen MR) is 112 cm³/mol. The molecule has 0 saturated heterocycles. The van der Waals surface area contributed by atoms with Crippen molar-refractivity contribution in [2.45, 2.75) is 78.6 Å². The third kappa shape index (κ3) is 30.5. The average molecular weight is 525 g/mol. The van der Waals surface area contributed by atoms with E-state index in [1.54, 1.807) is 26.2 Å². The van der Waals surface area contributed by atoms with Gasteiger partial charge < -0.3 is 26.1 Å². The van der Waals surface area contributed by atoms with E-state index in [0.29, 0.717) is 0 Å². The molecule has 0 fully saturated rings.